The lowest BCUT2D eigenvalue weighted by molar-refractivity contribution is -0.139. The SMILES string of the molecule is CCC1(CC)CCN(C(=O)C2CCCCCC2N)CC1. The van der Waals surface area contributed by atoms with Crippen molar-refractivity contribution in [2.45, 2.75) is 77.7 Å². The average Bonchev–Trinajstić information content (AvgIpc) is 2.71. The quantitative estimate of drug-likeness (QED) is 0.806. The summed E-state index contributed by atoms with van der Waals surface area (Å²) in [5.74, 6) is 0.438. The molecule has 2 atom stereocenters. The Morgan fingerprint density at radius 2 is 1.70 bits per heavy atom. The van der Waals surface area contributed by atoms with E-state index in [9.17, 15) is 4.79 Å². The van der Waals surface area contributed by atoms with Crippen LogP contribution in [0.2, 0.25) is 0 Å². The third-order valence-electron chi connectivity index (χ3n) is 6.02. The van der Waals surface area contributed by atoms with E-state index in [0.717, 1.165) is 25.9 Å². The molecule has 0 aromatic carbocycles. The third-order valence-corrected chi connectivity index (χ3v) is 6.02. The first-order valence-corrected chi connectivity index (χ1v) is 8.66. The van der Waals surface area contributed by atoms with E-state index in [0.29, 0.717) is 11.3 Å². The Hall–Kier alpha value is -0.570. The van der Waals surface area contributed by atoms with Gasteiger partial charge in [-0.25, -0.2) is 0 Å². The Labute approximate surface area is 124 Å². The number of likely N-dealkylation sites (tertiary alicyclic amines) is 1. The van der Waals surface area contributed by atoms with Crippen molar-refractivity contribution in [2.24, 2.45) is 17.1 Å². The molecule has 2 unspecified atom stereocenters. The Balaban J connectivity index is 1.93. The summed E-state index contributed by atoms with van der Waals surface area (Å²) in [5.41, 5.74) is 6.73. The fourth-order valence-electron chi connectivity index (χ4n) is 4.04. The number of hydrogen-bond donors (Lipinski definition) is 1. The first-order valence-electron chi connectivity index (χ1n) is 8.66. The topological polar surface area (TPSA) is 46.3 Å². The molecule has 20 heavy (non-hydrogen) atoms. The van der Waals surface area contributed by atoms with Crippen LogP contribution in [0.15, 0.2) is 0 Å². The van der Waals surface area contributed by atoms with Crippen molar-refractivity contribution in [1.29, 1.82) is 0 Å². The molecule has 0 aromatic heterocycles. The van der Waals surface area contributed by atoms with Crippen LogP contribution >= 0.6 is 0 Å². The fraction of sp³-hybridized carbons (Fsp3) is 0.941. The Bertz CT molecular complexity index is 315. The lowest BCUT2D eigenvalue weighted by atomic mass is 9.74. The van der Waals surface area contributed by atoms with Crippen molar-refractivity contribution in [3.05, 3.63) is 0 Å². The van der Waals surface area contributed by atoms with E-state index in [2.05, 4.69) is 18.7 Å². The molecule has 2 fully saturated rings. The predicted octanol–water partition coefficient (Wildman–Crippen LogP) is 3.32. The summed E-state index contributed by atoms with van der Waals surface area (Å²) >= 11 is 0. The number of piperidine rings is 1. The third kappa shape index (κ3) is 3.36. The van der Waals surface area contributed by atoms with Gasteiger partial charge in [-0.05, 0) is 31.1 Å². The van der Waals surface area contributed by atoms with Crippen molar-refractivity contribution in [2.75, 3.05) is 13.1 Å². The van der Waals surface area contributed by atoms with Crippen LogP contribution in [0, 0.1) is 11.3 Å². The highest BCUT2D eigenvalue weighted by atomic mass is 16.2. The monoisotopic (exact) mass is 280 g/mol. The van der Waals surface area contributed by atoms with E-state index in [1.165, 1.54) is 44.9 Å². The normalized spacial score (nSPS) is 30.9. The maximum absolute atomic E-state index is 12.7. The Kier molecular flexibility index (Phi) is 5.48. The van der Waals surface area contributed by atoms with Gasteiger partial charge in [0.15, 0.2) is 0 Å². The van der Waals surface area contributed by atoms with E-state index < -0.39 is 0 Å². The molecule has 0 aromatic rings. The van der Waals surface area contributed by atoms with E-state index in [-0.39, 0.29) is 12.0 Å². The zero-order valence-electron chi connectivity index (χ0n) is 13.4. The van der Waals surface area contributed by atoms with Gasteiger partial charge in [0, 0.05) is 19.1 Å². The molecule has 3 heteroatoms. The largest absolute Gasteiger partial charge is 0.342 e. The second kappa shape index (κ2) is 6.93. The smallest absolute Gasteiger partial charge is 0.227 e. The summed E-state index contributed by atoms with van der Waals surface area (Å²) in [7, 11) is 0. The van der Waals surface area contributed by atoms with Crippen molar-refractivity contribution in [3.63, 3.8) is 0 Å². The van der Waals surface area contributed by atoms with Gasteiger partial charge in [-0.2, -0.15) is 0 Å². The zero-order valence-corrected chi connectivity index (χ0v) is 13.4. The summed E-state index contributed by atoms with van der Waals surface area (Å²) in [6.45, 7) is 6.48. The van der Waals surface area contributed by atoms with Gasteiger partial charge in [-0.1, -0.05) is 46.0 Å². The number of rotatable bonds is 3. The standard InChI is InChI=1S/C17H32N2O/c1-3-17(4-2)10-12-19(13-11-17)16(20)14-8-6-5-7-9-15(14)18/h14-15H,3-13,18H2,1-2H3. The van der Waals surface area contributed by atoms with Gasteiger partial charge in [-0.3, -0.25) is 4.79 Å². The van der Waals surface area contributed by atoms with Crippen LogP contribution in [-0.4, -0.2) is 29.9 Å². The van der Waals surface area contributed by atoms with Gasteiger partial charge in [-0.15, -0.1) is 0 Å². The minimum atomic E-state index is 0.0910. The van der Waals surface area contributed by atoms with Crippen molar-refractivity contribution < 1.29 is 4.79 Å². The van der Waals surface area contributed by atoms with E-state index in [1.807, 2.05) is 0 Å². The van der Waals surface area contributed by atoms with E-state index in [4.69, 9.17) is 5.73 Å². The van der Waals surface area contributed by atoms with Crippen LogP contribution < -0.4 is 5.73 Å². The van der Waals surface area contributed by atoms with Crippen LogP contribution in [0.5, 0.6) is 0 Å². The van der Waals surface area contributed by atoms with Gasteiger partial charge in [0.2, 0.25) is 5.91 Å². The second-order valence-corrected chi connectivity index (χ2v) is 6.94. The van der Waals surface area contributed by atoms with Gasteiger partial charge >= 0.3 is 0 Å². The molecule has 1 saturated heterocycles. The summed E-state index contributed by atoms with van der Waals surface area (Å²) in [5, 5.41) is 0. The molecule has 0 spiro atoms. The lowest BCUT2D eigenvalue weighted by Gasteiger charge is -2.42. The maximum atomic E-state index is 12.7. The highest BCUT2D eigenvalue weighted by molar-refractivity contribution is 5.79. The summed E-state index contributed by atoms with van der Waals surface area (Å²) in [6.07, 6.45) is 10.5. The Morgan fingerprint density at radius 1 is 1.10 bits per heavy atom. The predicted molar refractivity (Wildman–Crippen MR) is 83.4 cm³/mol. The molecule has 2 aliphatic rings. The van der Waals surface area contributed by atoms with Gasteiger partial charge in [0.25, 0.3) is 0 Å². The molecule has 1 saturated carbocycles. The molecule has 1 aliphatic heterocycles. The molecule has 1 amide bonds. The number of nitrogens with zero attached hydrogens (tertiary/aromatic N) is 1. The highest BCUT2D eigenvalue weighted by Gasteiger charge is 2.36. The first-order chi connectivity index (χ1) is 9.62. The summed E-state index contributed by atoms with van der Waals surface area (Å²) < 4.78 is 0. The Morgan fingerprint density at radius 3 is 2.30 bits per heavy atom. The molecule has 116 valence electrons. The number of hydrogen-bond acceptors (Lipinski definition) is 2. The van der Waals surface area contributed by atoms with Gasteiger partial charge < -0.3 is 10.6 Å². The number of nitrogens with two attached hydrogens (primary N) is 1. The minimum absolute atomic E-state index is 0.0910. The van der Waals surface area contributed by atoms with Crippen LogP contribution in [-0.2, 0) is 4.79 Å². The molecule has 0 bridgehead atoms. The molecule has 1 aliphatic carbocycles. The van der Waals surface area contributed by atoms with Crippen molar-refractivity contribution in [1.82, 2.24) is 4.90 Å². The molecular weight excluding hydrogens is 248 g/mol. The number of carbonyl (C=O) groups is 1. The fourth-order valence-corrected chi connectivity index (χ4v) is 4.04. The van der Waals surface area contributed by atoms with Crippen molar-refractivity contribution >= 4 is 5.91 Å². The highest BCUT2D eigenvalue weighted by Crippen LogP contribution is 2.38. The number of carbonyl (C=O) groups excluding carboxylic acids is 1. The second-order valence-electron chi connectivity index (χ2n) is 6.94. The maximum Gasteiger partial charge on any atom is 0.227 e. The first kappa shape index (κ1) is 15.8. The van der Waals surface area contributed by atoms with Crippen LogP contribution in [0.3, 0.4) is 0 Å². The minimum Gasteiger partial charge on any atom is -0.342 e. The van der Waals surface area contributed by atoms with Gasteiger partial charge in [0.1, 0.15) is 0 Å². The van der Waals surface area contributed by atoms with Crippen LogP contribution in [0.4, 0.5) is 0 Å². The zero-order chi connectivity index (χ0) is 14.6. The van der Waals surface area contributed by atoms with Crippen LogP contribution in [0.25, 0.3) is 0 Å². The van der Waals surface area contributed by atoms with E-state index in [1.54, 1.807) is 0 Å². The molecule has 2 N–H and O–H groups in total. The summed E-state index contributed by atoms with van der Waals surface area (Å²) in [6, 6.07) is 0.0917. The van der Waals surface area contributed by atoms with E-state index >= 15 is 0 Å². The molecule has 0 radical (unpaired) electrons. The molecule has 1 heterocycles. The molecule has 2 rings (SSSR count). The molecule has 3 nitrogen and oxygen atoms in total. The summed E-state index contributed by atoms with van der Waals surface area (Å²) in [4.78, 5) is 14.9. The number of amides is 1. The lowest BCUT2D eigenvalue weighted by Crippen LogP contribution is -2.48. The van der Waals surface area contributed by atoms with Crippen molar-refractivity contribution in [3.8, 4) is 0 Å². The average molecular weight is 280 g/mol. The van der Waals surface area contributed by atoms with Crippen LogP contribution in [0.1, 0.15) is 71.6 Å². The molecular formula is C17H32N2O. The van der Waals surface area contributed by atoms with Gasteiger partial charge in [0.05, 0.1) is 5.92 Å².